The first-order valence-corrected chi connectivity index (χ1v) is 12.9. The average Bonchev–Trinajstić information content (AvgIpc) is 3.37. The third-order valence-electron chi connectivity index (χ3n) is 6.92. The lowest BCUT2D eigenvalue weighted by Crippen LogP contribution is -2.48. The largest absolute Gasteiger partial charge is 0.383 e. The van der Waals surface area contributed by atoms with Gasteiger partial charge >= 0.3 is 0 Å². The van der Waals surface area contributed by atoms with Gasteiger partial charge in [-0.1, -0.05) is 31.2 Å². The van der Waals surface area contributed by atoms with Gasteiger partial charge in [0.05, 0.1) is 18.6 Å². The molecule has 1 saturated heterocycles. The Labute approximate surface area is 200 Å². The molecular formula is C26H35N3O3S. The van der Waals surface area contributed by atoms with E-state index in [9.17, 15) is 9.59 Å². The summed E-state index contributed by atoms with van der Waals surface area (Å²) in [6.07, 6.45) is 3.46. The summed E-state index contributed by atoms with van der Waals surface area (Å²) in [6, 6.07) is 11.2. The maximum absolute atomic E-state index is 13.6. The van der Waals surface area contributed by atoms with Gasteiger partial charge < -0.3 is 19.9 Å². The highest BCUT2D eigenvalue weighted by atomic mass is 32.1. The zero-order chi connectivity index (χ0) is 23.2. The molecule has 178 valence electrons. The zero-order valence-electron chi connectivity index (χ0n) is 19.7. The van der Waals surface area contributed by atoms with Gasteiger partial charge in [0.25, 0.3) is 5.91 Å². The Bertz CT molecular complexity index is 925. The molecule has 2 aromatic rings. The van der Waals surface area contributed by atoms with E-state index in [1.54, 1.807) is 18.4 Å². The van der Waals surface area contributed by atoms with Gasteiger partial charge in [-0.05, 0) is 67.9 Å². The smallest absolute Gasteiger partial charge is 0.254 e. The first kappa shape index (κ1) is 23.9. The molecule has 1 fully saturated rings. The van der Waals surface area contributed by atoms with Gasteiger partial charge in [-0.2, -0.15) is 0 Å². The maximum Gasteiger partial charge on any atom is 0.254 e. The Morgan fingerprint density at radius 1 is 1.15 bits per heavy atom. The number of carbonyl (C=O) groups is 2. The number of piperidine rings is 1. The minimum absolute atomic E-state index is 0.0111. The number of thiophene rings is 1. The summed E-state index contributed by atoms with van der Waals surface area (Å²) in [5.41, 5.74) is 1.43. The van der Waals surface area contributed by atoms with Gasteiger partial charge in [-0.3, -0.25) is 9.59 Å². The Kier molecular flexibility index (Phi) is 8.17. The molecule has 0 aliphatic carbocycles. The average molecular weight is 470 g/mol. The van der Waals surface area contributed by atoms with Gasteiger partial charge in [0.1, 0.15) is 0 Å². The van der Waals surface area contributed by atoms with Crippen LogP contribution in [0.15, 0.2) is 41.8 Å². The van der Waals surface area contributed by atoms with Crippen LogP contribution in [0.1, 0.15) is 58.9 Å². The number of carbonyl (C=O) groups excluding carboxylic acids is 2. The molecule has 2 aliphatic rings. The van der Waals surface area contributed by atoms with Crippen molar-refractivity contribution in [1.82, 2.24) is 15.1 Å². The van der Waals surface area contributed by atoms with Crippen molar-refractivity contribution in [2.24, 2.45) is 5.92 Å². The van der Waals surface area contributed by atoms with Gasteiger partial charge in [0.2, 0.25) is 5.91 Å². The number of ether oxygens (including phenoxy) is 1. The molecule has 1 aromatic carbocycles. The third-order valence-corrected chi connectivity index (χ3v) is 7.86. The van der Waals surface area contributed by atoms with Crippen LogP contribution in [-0.2, 0) is 9.53 Å². The van der Waals surface area contributed by atoms with E-state index in [1.165, 1.54) is 12.8 Å². The molecule has 2 amide bonds. The van der Waals surface area contributed by atoms with Crippen LogP contribution in [-0.4, -0.2) is 68.1 Å². The number of likely N-dealkylation sites (tertiary alicyclic amines) is 1. The lowest BCUT2D eigenvalue weighted by molar-refractivity contribution is -0.124. The van der Waals surface area contributed by atoms with E-state index in [4.69, 9.17) is 4.74 Å². The van der Waals surface area contributed by atoms with Crippen molar-refractivity contribution in [1.29, 1.82) is 0 Å². The summed E-state index contributed by atoms with van der Waals surface area (Å²) in [4.78, 5) is 32.3. The molecule has 33 heavy (non-hydrogen) atoms. The number of nitrogens with one attached hydrogen (secondary N) is 1. The predicted molar refractivity (Wildman–Crippen MR) is 132 cm³/mol. The number of hydrogen-bond acceptors (Lipinski definition) is 5. The highest BCUT2D eigenvalue weighted by molar-refractivity contribution is 7.10. The number of rotatable bonds is 9. The first-order chi connectivity index (χ1) is 16.1. The van der Waals surface area contributed by atoms with Crippen LogP contribution in [0.3, 0.4) is 0 Å². The molecule has 1 N–H and O–H groups in total. The standard InChI is InChI=1S/C26H35N3O3S/c1-19-10-14-28(15-11-19)13-6-12-27-25(30)23-20-7-3-4-8-21(20)26(31)29(16-17-32-2)24(23)22-9-5-18-33-22/h3-5,7-9,18-19,23-24H,6,10-17H2,1-2H3,(H,27,30)/t23-,24-/m0/s1. The topological polar surface area (TPSA) is 61.9 Å². The lowest BCUT2D eigenvalue weighted by Gasteiger charge is -2.41. The Balaban J connectivity index is 1.51. The highest BCUT2D eigenvalue weighted by Gasteiger charge is 2.44. The van der Waals surface area contributed by atoms with Crippen molar-refractivity contribution < 1.29 is 14.3 Å². The number of benzene rings is 1. The Morgan fingerprint density at radius 2 is 1.94 bits per heavy atom. The Hall–Kier alpha value is -2.22. The van der Waals surface area contributed by atoms with Gasteiger partial charge in [-0.15, -0.1) is 11.3 Å². The molecule has 7 heteroatoms. The summed E-state index contributed by atoms with van der Waals surface area (Å²) < 4.78 is 5.29. The van der Waals surface area contributed by atoms with E-state index < -0.39 is 5.92 Å². The van der Waals surface area contributed by atoms with Gasteiger partial charge in [0, 0.05) is 30.6 Å². The van der Waals surface area contributed by atoms with Crippen molar-refractivity contribution in [3.05, 3.63) is 57.8 Å². The molecule has 2 atom stereocenters. The SMILES string of the molecule is COCCN1C(=O)c2ccccc2[C@H](C(=O)NCCCN2CCC(C)CC2)[C@@H]1c1cccs1. The second-order valence-corrected chi connectivity index (χ2v) is 10.2. The van der Waals surface area contributed by atoms with Gasteiger partial charge in [-0.25, -0.2) is 0 Å². The zero-order valence-corrected chi connectivity index (χ0v) is 20.5. The second kappa shape index (κ2) is 11.3. The third kappa shape index (κ3) is 5.48. The number of methoxy groups -OCH3 is 1. The van der Waals surface area contributed by atoms with E-state index in [1.807, 2.05) is 46.7 Å². The van der Waals surface area contributed by atoms with Crippen LogP contribution in [0.5, 0.6) is 0 Å². The minimum atomic E-state index is -0.440. The molecule has 3 heterocycles. The summed E-state index contributed by atoms with van der Waals surface area (Å²) in [7, 11) is 1.63. The fourth-order valence-electron chi connectivity index (χ4n) is 5.00. The van der Waals surface area contributed by atoms with Crippen LogP contribution in [0, 0.1) is 5.92 Å². The normalized spacial score (nSPS) is 21.8. The van der Waals surface area contributed by atoms with E-state index >= 15 is 0 Å². The number of amides is 2. The van der Waals surface area contributed by atoms with Crippen molar-refractivity contribution in [3.63, 3.8) is 0 Å². The van der Waals surface area contributed by atoms with Crippen LogP contribution in [0.4, 0.5) is 0 Å². The van der Waals surface area contributed by atoms with Crippen molar-refractivity contribution in [3.8, 4) is 0 Å². The van der Waals surface area contributed by atoms with Crippen molar-refractivity contribution in [2.75, 3.05) is 46.4 Å². The minimum Gasteiger partial charge on any atom is -0.383 e. The summed E-state index contributed by atoms with van der Waals surface area (Å²) in [5, 5.41) is 5.20. The van der Waals surface area contributed by atoms with Gasteiger partial charge in [0.15, 0.2) is 0 Å². The maximum atomic E-state index is 13.6. The molecule has 4 rings (SSSR count). The molecule has 0 saturated carbocycles. The summed E-state index contributed by atoms with van der Waals surface area (Å²) in [5.74, 6) is 0.336. The first-order valence-electron chi connectivity index (χ1n) is 12.0. The van der Waals surface area contributed by atoms with Crippen LogP contribution in [0.25, 0.3) is 0 Å². The molecule has 6 nitrogen and oxygen atoms in total. The highest BCUT2D eigenvalue weighted by Crippen LogP contribution is 2.44. The molecule has 0 bridgehead atoms. The summed E-state index contributed by atoms with van der Waals surface area (Å²) in [6.45, 7) is 7.17. The van der Waals surface area contributed by atoms with Crippen molar-refractivity contribution >= 4 is 23.2 Å². The molecule has 1 aromatic heterocycles. The van der Waals surface area contributed by atoms with E-state index in [2.05, 4.69) is 17.1 Å². The number of nitrogens with zero attached hydrogens (tertiary/aromatic N) is 2. The van der Waals surface area contributed by atoms with Crippen LogP contribution < -0.4 is 5.32 Å². The molecule has 0 radical (unpaired) electrons. The Morgan fingerprint density at radius 3 is 2.67 bits per heavy atom. The van der Waals surface area contributed by atoms with Crippen LogP contribution >= 0.6 is 11.3 Å². The molecule has 0 unspecified atom stereocenters. The van der Waals surface area contributed by atoms with E-state index in [0.717, 1.165) is 42.4 Å². The van der Waals surface area contributed by atoms with E-state index in [-0.39, 0.29) is 17.9 Å². The number of hydrogen-bond donors (Lipinski definition) is 1. The monoisotopic (exact) mass is 469 g/mol. The number of fused-ring (bicyclic) bond motifs is 1. The fraction of sp³-hybridized carbons (Fsp3) is 0.538. The molecule has 2 aliphatic heterocycles. The molecular weight excluding hydrogens is 434 g/mol. The van der Waals surface area contributed by atoms with Crippen molar-refractivity contribution in [2.45, 2.75) is 38.1 Å². The molecule has 0 spiro atoms. The fourth-order valence-corrected chi connectivity index (χ4v) is 5.87. The lowest BCUT2D eigenvalue weighted by atomic mass is 9.81. The van der Waals surface area contributed by atoms with E-state index in [0.29, 0.717) is 25.3 Å². The second-order valence-electron chi connectivity index (χ2n) is 9.19. The summed E-state index contributed by atoms with van der Waals surface area (Å²) >= 11 is 1.59. The quantitative estimate of drug-likeness (QED) is 0.566. The predicted octanol–water partition coefficient (Wildman–Crippen LogP) is 3.91. The van der Waals surface area contributed by atoms with Crippen LogP contribution in [0.2, 0.25) is 0 Å².